The van der Waals surface area contributed by atoms with E-state index in [1.807, 2.05) is 0 Å². The topological polar surface area (TPSA) is 21.8 Å². The summed E-state index contributed by atoms with van der Waals surface area (Å²) >= 11 is 0. The summed E-state index contributed by atoms with van der Waals surface area (Å²) in [6.45, 7) is 6.90. The minimum atomic E-state index is 0.697. The second-order valence-corrected chi connectivity index (χ2v) is 6.49. The lowest BCUT2D eigenvalue weighted by Crippen LogP contribution is -2.44. The zero-order valence-electron chi connectivity index (χ0n) is 13.4. The molecule has 1 atom stereocenters. The minimum absolute atomic E-state index is 0.697. The molecule has 1 unspecified atom stereocenters. The zero-order chi connectivity index (χ0) is 14.7. The van der Waals surface area contributed by atoms with Crippen LogP contribution in [-0.4, -0.2) is 69.2 Å². The number of rotatable bonds is 4. The number of hydrogen-bond acceptors (Lipinski definition) is 4. The minimum Gasteiger partial charge on any atom is -0.383 e. The largest absolute Gasteiger partial charge is 0.383 e. The van der Waals surface area contributed by atoms with Crippen LogP contribution in [0.4, 0.5) is 11.4 Å². The van der Waals surface area contributed by atoms with Crippen molar-refractivity contribution in [3.63, 3.8) is 0 Å². The van der Waals surface area contributed by atoms with Crippen LogP contribution in [0.3, 0.4) is 0 Å². The predicted molar refractivity (Wildman–Crippen MR) is 90.3 cm³/mol. The Balaban J connectivity index is 1.52. The van der Waals surface area contributed by atoms with Gasteiger partial charge in [-0.05, 0) is 57.7 Å². The molecule has 0 bridgehead atoms. The molecule has 21 heavy (non-hydrogen) atoms. The summed E-state index contributed by atoms with van der Waals surface area (Å²) in [6.07, 6.45) is 2.66. The molecule has 0 spiro atoms. The van der Waals surface area contributed by atoms with Crippen molar-refractivity contribution in [1.29, 1.82) is 0 Å². The van der Waals surface area contributed by atoms with Crippen LogP contribution in [0, 0.1) is 0 Å². The van der Waals surface area contributed by atoms with Gasteiger partial charge in [-0.2, -0.15) is 0 Å². The molecule has 3 rings (SSSR count). The monoisotopic (exact) mass is 288 g/mol. The van der Waals surface area contributed by atoms with Crippen LogP contribution >= 0.6 is 0 Å². The van der Waals surface area contributed by atoms with Crippen molar-refractivity contribution >= 4 is 11.4 Å². The van der Waals surface area contributed by atoms with E-state index < -0.39 is 0 Å². The maximum atomic E-state index is 3.59. The standard InChI is InChI=1S/C17H28N4/c1-19-10-12-21(13-11-19)16-7-5-15(6-8-16)18-14-17-4-3-9-20(17)2/h5-8,17-18H,3-4,9-14H2,1-2H3. The number of piperazine rings is 1. The highest BCUT2D eigenvalue weighted by Gasteiger charge is 2.20. The molecule has 116 valence electrons. The van der Waals surface area contributed by atoms with Gasteiger partial charge in [0.15, 0.2) is 0 Å². The number of nitrogens with one attached hydrogen (secondary N) is 1. The number of anilines is 2. The van der Waals surface area contributed by atoms with Gasteiger partial charge in [-0.3, -0.25) is 0 Å². The fraction of sp³-hybridized carbons (Fsp3) is 0.647. The first-order chi connectivity index (χ1) is 10.2. The van der Waals surface area contributed by atoms with Crippen molar-refractivity contribution in [3.05, 3.63) is 24.3 Å². The molecule has 4 heteroatoms. The SMILES string of the molecule is CN1CCN(c2ccc(NCC3CCCN3C)cc2)CC1. The number of likely N-dealkylation sites (N-methyl/N-ethyl adjacent to an activating group) is 2. The van der Waals surface area contributed by atoms with Gasteiger partial charge in [0.05, 0.1) is 0 Å². The van der Waals surface area contributed by atoms with E-state index in [0.717, 1.165) is 32.7 Å². The molecule has 2 aliphatic rings. The third kappa shape index (κ3) is 3.69. The van der Waals surface area contributed by atoms with Crippen molar-refractivity contribution in [2.75, 3.05) is 63.6 Å². The highest BCUT2D eigenvalue weighted by Crippen LogP contribution is 2.20. The molecule has 0 saturated carbocycles. The molecule has 1 aromatic rings. The molecule has 0 radical (unpaired) electrons. The fourth-order valence-electron chi connectivity index (χ4n) is 3.33. The van der Waals surface area contributed by atoms with Crippen molar-refractivity contribution < 1.29 is 0 Å². The Kier molecular flexibility index (Phi) is 4.66. The Morgan fingerprint density at radius 1 is 1.00 bits per heavy atom. The molecule has 2 heterocycles. The molecule has 0 amide bonds. The Labute approximate surface area is 128 Å². The Hall–Kier alpha value is -1.26. The molecule has 1 N–H and O–H groups in total. The Morgan fingerprint density at radius 2 is 1.71 bits per heavy atom. The van der Waals surface area contributed by atoms with Crippen molar-refractivity contribution in [2.45, 2.75) is 18.9 Å². The smallest absolute Gasteiger partial charge is 0.0368 e. The lowest BCUT2D eigenvalue weighted by Gasteiger charge is -2.34. The molecule has 2 saturated heterocycles. The molecule has 1 aromatic carbocycles. The van der Waals surface area contributed by atoms with Crippen molar-refractivity contribution in [3.8, 4) is 0 Å². The van der Waals surface area contributed by atoms with Gasteiger partial charge in [0.25, 0.3) is 0 Å². The molecule has 0 aliphatic carbocycles. The van der Waals surface area contributed by atoms with Crippen LogP contribution in [0.25, 0.3) is 0 Å². The van der Waals surface area contributed by atoms with E-state index in [1.165, 1.54) is 30.8 Å². The van der Waals surface area contributed by atoms with Gasteiger partial charge < -0.3 is 20.0 Å². The van der Waals surface area contributed by atoms with Gasteiger partial charge in [-0.15, -0.1) is 0 Å². The summed E-state index contributed by atoms with van der Waals surface area (Å²) in [4.78, 5) is 7.34. The fourth-order valence-corrected chi connectivity index (χ4v) is 3.33. The summed E-state index contributed by atoms with van der Waals surface area (Å²) < 4.78 is 0. The lowest BCUT2D eigenvalue weighted by molar-refractivity contribution is 0.313. The quantitative estimate of drug-likeness (QED) is 0.914. The summed E-state index contributed by atoms with van der Waals surface area (Å²) in [5, 5.41) is 3.59. The molecule has 2 fully saturated rings. The molecule has 4 nitrogen and oxygen atoms in total. The molecular weight excluding hydrogens is 260 g/mol. The summed E-state index contributed by atoms with van der Waals surface area (Å²) in [7, 11) is 4.43. The number of nitrogens with zero attached hydrogens (tertiary/aromatic N) is 3. The number of hydrogen-bond donors (Lipinski definition) is 1. The van der Waals surface area contributed by atoms with E-state index in [2.05, 4.69) is 58.4 Å². The van der Waals surface area contributed by atoms with Gasteiger partial charge in [0, 0.05) is 50.1 Å². The van der Waals surface area contributed by atoms with E-state index in [9.17, 15) is 0 Å². The van der Waals surface area contributed by atoms with Gasteiger partial charge in [-0.1, -0.05) is 0 Å². The highest BCUT2D eigenvalue weighted by molar-refractivity contribution is 5.55. The maximum absolute atomic E-state index is 3.59. The van der Waals surface area contributed by atoms with Gasteiger partial charge in [-0.25, -0.2) is 0 Å². The second-order valence-electron chi connectivity index (χ2n) is 6.49. The number of likely N-dealkylation sites (tertiary alicyclic amines) is 1. The summed E-state index contributed by atoms with van der Waals surface area (Å²) in [5.74, 6) is 0. The van der Waals surface area contributed by atoms with E-state index in [-0.39, 0.29) is 0 Å². The Morgan fingerprint density at radius 3 is 2.33 bits per heavy atom. The summed E-state index contributed by atoms with van der Waals surface area (Å²) in [5.41, 5.74) is 2.60. The third-order valence-corrected chi connectivity index (χ3v) is 4.95. The lowest BCUT2D eigenvalue weighted by atomic mass is 10.2. The van der Waals surface area contributed by atoms with Crippen LogP contribution in [0.2, 0.25) is 0 Å². The van der Waals surface area contributed by atoms with Crippen LogP contribution in [0.15, 0.2) is 24.3 Å². The highest BCUT2D eigenvalue weighted by atomic mass is 15.2. The maximum Gasteiger partial charge on any atom is 0.0368 e. The van der Waals surface area contributed by atoms with E-state index in [0.29, 0.717) is 6.04 Å². The average molecular weight is 288 g/mol. The van der Waals surface area contributed by atoms with Gasteiger partial charge >= 0.3 is 0 Å². The van der Waals surface area contributed by atoms with Crippen LogP contribution in [0.1, 0.15) is 12.8 Å². The third-order valence-electron chi connectivity index (χ3n) is 4.95. The van der Waals surface area contributed by atoms with E-state index >= 15 is 0 Å². The Bertz CT molecular complexity index is 437. The summed E-state index contributed by atoms with van der Waals surface area (Å²) in [6, 6.07) is 9.66. The van der Waals surface area contributed by atoms with Crippen molar-refractivity contribution in [1.82, 2.24) is 9.80 Å². The van der Waals surface area contributed by atoms with Crippen LogP contribution < -0.4 is 10.2 Å². The van der Waals surface area contributed by atoms with Gasteiger partial charge in [0.2, 0.25) is 0 Å². The van der Waals surface area contributed by atoms with Crippen LogP contribution in [0.5, 0.6) is 0 Å². The second kappa shape index (κ2) is 6.67. The van der Waals surface area contributed by atoms with E-state index in [1.54, 1.807) is 0 Å². The van der Waals surface area contributed by atoms with Crippen molar-refractivity contribution in [2.24, 2.45) is 0 Å². The normalized spacial score (nSPS) is 24.5. The predicted octanol–water partition coefficient (Wildman–Crippen LogP) is 1.94. The van der Waals surface area contributed by atoms with E-state index in [4.69, 9.17) is 0 Å². The number of benzene rings is 1. The van der Waals surface area contributed by atoms with Crippen LogP contribution in [-0.2, 0) is 0 Å². The zero-order valence-corrected chi connectivity index (χ0v) is 13.4. The first kappa shape index (κ1) is 14.7. The van der Waals surface area contributed by atoms with Gasteiger partial charge in [0.1, 0.15) is 0 Å². The molecular formula is C17H28N4. The first-order valence-electron chi connectivity index (χ1n) is 8.20. The molecule has 0 aromatic heterocycles. The average Bonchev–Trinajstić information content (AvgIpc) is 2.92. The molecule has 2 aliphatic heterocycles. The first-order valence-corrected chi connectivity index (χ1v) is 8.20.